The number of nitrogens with two attached hydrogens (primary N) is 2. The number of rotatable bonds is 8. The molecule has 8 nitrogen and oxygen atoms in total. The lowest BCUT2D eigenvalue weighted by Crippen LogP contribution is -2.36. The number of unbranched alkanes of at least 4 members (excludes halogenated alkanes) is 1. The van der Waals surface area contributed by atoms with Crippen molar-refractivity contribution >= 4 is 17.4 Å². The van der Waals surface area contributed by atoms with Crippen LogP contribution < -0.4 is 21.5 Å². The van der Waals surface area contributed by atoms with E-state index in [0.29, 0.717) is 30.3 Å². The average molecular weight is 507 g/mol. The van der Waals surface area contributed by atoms with Crippen molar-refractivity contribution in [3.8, 4) is 5.75 Å². The van der Waals surface area contributed by atoms with Gasteiger partial charge in [0.15, 0.2) is 0 Å². The third-order valence-corrected chi connectivity index (χ3v) is 6.55. The molecule has 2 aliphatic rings. The summed E-state index contributed by atoms with van der Waals surface area (Å²) < 4.78 is 5.85. The number of nitrogens with zero attached hydrogens (tertiary/aromatic N) is 3. The number of aliphatic imine (C=N–C) groups is 1. The van der Waals surface area contributed by atoms with Crippen LogP contribution in [0.1, 0.15) is 47.7 Å². The lowest BCUT2D eigenvalue weighted by Gasteiger charge is -2.29. The van der Waals surface area contributed by atoms with Crippen molar-refractivity contribution in [1.82, 2.24) is 9.80 Å². The summed E-state index contributed by atoms with van der Waals surface area (Å²) in [7, 11) is 1.68. The fraction of sp³-hybridized carbons (Fsp3) is 0.448. The zero-order valence-electron chi connectivity index (χ0n) is 22.3. The van der Waals surface area contributed by atoms with Crippen LogP contribution in [0.2, 0.25) is 0 Å². The molecule has 5 N–H and O–H groups in total. The summed E-state index contributed by atoms with van der Waals surface area (Å²) in [5.74, 6) is 1.25. The fourth-order valence-corrected chi connectivity index (χ4v) is 4.50. The number of hydrogen-bond acceptors (Lipinski definition) is 6. The summed E-state index contributed by atoms with van der Waals surface area (Å²) in [5, 5.41) is 3.18. The second-order valence-corrected chi connectivity index (χ2v) is 9.24. The predicted molar refractivity (Wildman–Crippen MR) is 152 cm³/mol. The zero-order valence-corrected chi connectivity index (χ0v) is 22.3. The van der Waals surface area contributed by atoms with Gasteiger partial charge in [-0.2, -0.15) is 0 Å². The highest BCUT2D eigenvalue weighted by Gasteiger charge is 2.24. The molecule has 0 aliphatic carbocycles. The van der Waals surface area contributed by atoms with E-state index in [0.717, 1.165) is 51.3 Å². The van der Waals surface area contributed by atoms with Gasteiger partial charge in [0.2, 0.25) is 0 Å². The SMILES string of the molecule is CCCCN.CN=C(/C=C\N)Nc1ccc2c(c1)C(=O)N(CCCN1CCc3ccccc3C1)CCO2. The van der Waals surface area contributed by atoms with Crippen LogP contribution in [0.3, 0.4) is 0 Å². The van der Waals surface area contributed by atoms with Crippen molar-refractivity contribution in [3.63, 3.8) is 0 Å². The van der Waals surface area contributed by atoms with Gasteiger partial charge in [-0.3, -0.25) is 14.7 Å². The number of amidine groups is 1. The Morgan fingerprint density at radius 3 is 2.65 bits per heavy atom. The maximum absolute atomic E-state index is 13.3. The van der Waals surface area contributed by atoms with Gasteiger partial charge in [-0.05, 0) is 67.4 Å². The van der Waals surface area contributed by atoms with Crippen LogP contribution in [0.15, 0.2) is 59.7 Å². The molecule has 0 atom stereocenters. The van der Waals surface area contributed by atoms with Gasteiger partial charge in [-0.1, -0.05) is 37.6 Å². The average Bonchev–Trinajstić information content (AvgIpc) is 3.07. The third kappa shape index (κ3) is 8.33. The number of nitrogens with one attached hydrogen (secondary N) is 1. The first-order chi connectivity index (χ1) is 18.1. The molecule has 37 heavy (non-hydrogen) atoms. The molecule has 0 unspecified atom stereocenters. The molecule has 1 amide bonds. The van der Waals surface area contributed by atoms with Gasteiger partial charge >= 0.3 is 0 Å². The maximum atomic E-state index is 13.3. The molecule has 0 fully saturated rings. The van der Waals surface area contributed by atoms with Crippen molar-refractivity contribution in [1.29, 1.82) is 0 Å². The van der Waals surface area contributed by atoms with Crippen LogP contribution in [0.5, 0.6) is 5.75 Å². The van der Waals surface area contributed by atoms with Gasteiger partial charge in [0.1, 0.15) is 18.2 Å². The fourth-order valence-electron chi connectivity index (χ4n) is 4.50. The van der Waals surface area contributed by atoms with Crippen LogP contribution in [0, 0.1) is 0 Å². The standard InChI is InChI=1S/C25H31N5O2.C4H11N/c1-27-24(9-11-26)28-21-7-8-23-22(17-21)25(31)30(15-16-32-23)13-4-12-29-14-10-19-5-2-3-6-20(19)18-29;1-2-3-4-5/h2-3,5-9,11,17H,4,10,12-16,18,26H2,1H3,(H,27,28);2-5H2,1H3/b11-9-;. The molecule has 200 valence electrons. The normalized spacial score (nSPS) is 15.8. The number of carbonyl (C=O) groups is 1. The van der Waals surface area contributed by atoms with Gasteiger partial charge < -0.3 is 26.4 Å². The van der Waals surface area contributed by atoms with E-state index in [-0.39, 0.29) is 5.91 Å². The van der Waals surface area contributed by atoms with Gasteiger partial charge in [0.05, 0.1) is 12.1 Å². The number of carbonyl (C=O) groups excluding carboxylic acids is 1. The van der Waals surface area contributed by atoms with Crippen molar-refractivity contribution in [2.75, 3.05) is 51.7 Å². The molecule has 2 aromatic carbocycles. The van der Waals surface area contributed by atoms with E-state index in [2.05, 4.69) is 46.4 Å². The van der Waals surface area contributed by atoms with E-state index in [1.165, 1.54) is 30.2 Å². The number of hydrogen-bond donors (Lipinski definition) is 3. The largest absolute Gasteiger partial charge is 0.491 e. The van der Waals surface area contributed by atoms with E-state index in [1.54, 1.807) is 13.1 Å². The molecule has 2 heterocycles. The molecule has 0 aromatic heterocycles. The molecule has 0 saturated heterocycles. The third-order valence-electron chi connectivity index (χ3n) is 6.55. The highest BCUT2D eigenvalue weighted by atomic mass is 16.5. The molecule has 0 radical (unpaired) electrons. The second kappa shape index (κ2) is 15.0. The molecule has 0 spiro atoms. The summed E-state index contributed by atoms with van der Waals surface area (Å²) in [5.41, 5.74) is 14.8. The second-order valence-electron chi connectivity index (χ2n) is 9.24. The van der Waals surface area contributed by atoms with Crippen LogP contribution in [0.4, 0.5) is 5.69 Å². The van der Waals surface area contributed by atoms with Gasteiger partial charge in [0, 0.05) is 38.9 Å². The van der Waals surface area contributed by atoms with E-state index in [9.17, 15) is 4.79 Å². The molecular formula is C29H42N6O2. The molecule has 0 bridgehead atoms. The highest BCUT2D eigenvalue weighted by Crippen LogP contribution is 2.27. The molecule has 2 aromatic rings. The first-order valence-electron chi connectivity index (χ1n) is 13.3. The minimum atomic E-state index is 0.00879. The molecule has 2 aliphatic heterocycles. The molecule has 4 rings (SSSR count). The lowest BCUT2D eigenvalue weighted by molar-refractivity contribution is 0.0746. The van der Waals surface area contributed by atoms with E-state index in [1.807, 2.05) is 23.1 Å². The quantitative estimate of drug-likeness (QED) is 0.373. The summed E-state index contributed by atoms with van der Waals surface area (Å²) in [6.07, 6.45) is 7.52. The maximum Gasteiger partial charge on any atom is 0.257 e. The van der Waals surface area contributed by atoms with Crippen LogP contribution >= 0.6 is 0 Å². The number of fused-ring (bicyclic) bond motifs is 2. The molecular weight excluding hydrogens is 464 g/mol. The van der Waals surface area contributed by atoms with Gasteiger partial charge in [0.25, 0.3) is 5.91 Å². The molecule has 0 saturated carbocycles. The van der Waals surface area contributed by atoms with Crippen molar-refractivity contribution in [3.05, 3.63) is 71.4 Å². The first kappa shape index (κ1) is 28.2. The number of benzene rings is 2. The number of ether oxygens (including phenoxy) is 1. The minimum absolute atomic E-state index is 0.00879. The lowest BCUT2D eigenvalue weighted by atomic mass is 10.00. The first-order valence-corrected chi connectivity index (χ1v) is 13.3. The van der Waals surface area contributed by atoms with Crippen molar-refractivity contribution in [2.45, 2.75) is 39.2 Å². The summed E-state index contributed by atoms with van der Waals surface area (Å²) >= 11 is 0. The Kier molecular flexibility index (Phi) is 11.5. The summed E-state index contributed by atoms with van der Waals surface area (Å²) in [6.45, 7) is 7.83. The summed E-state index contributed by atoms with van der Waals surface area (Å²) in [4.78, 5) is 21.8. The Labute approximate surface area is 221 Å². The van der Waals surface area contributed by atoms with Gasteiger partial charge in [-0.15, -0.1) is 0 Å². The number of anilines is 1. The Balaban J connectivity index is 0.000000695. The van der Waals surface area contributed by atoms with Crippen molar-refractivity contribution in [2.24, 2.45) is 16.5 Å². The van der Waals surface area contributed by atoms with E-state index in [4.69, 9.17) is 16.2 Å². The monoisotopic (exact) mass is 506 g/mol. The predicted octanol–water partition coefficient (Wildman–Crippen LogP) is 3.63. The van der Waals surface area contributed by atoms with Crippen molar-refractivity contribution < 1.29 is 9.53 Å². The summed E-state index contributed by atoms with van der Waals surface area (Å²) in [6, 6.07) is 14.2. The molecule has 8 heteroatoms. The Morgan fingerprint density at radius 1 is 1.14 bits per heavy atom. The zero-order chi connectivity index (χ0) is 26.5. The Hall–Kier alpha value is -3.36. The smallest absolute Gasteiger partial charge is 0.257 e. The van der Waals surface area contributed by atoms with E-state index >= 15 is 0 Å². The van der Waals surface area contributed by atoms with E-state index < -0.39 is 0 Å². The van der Waals surface area contributed by atoms with Crippen LogP contribution in [-0.2, 0) is 13.0 Å². The van der Waals surface area contributed by atoms with Crippen LogP contribution in [-0.4, -0.2) is 67.9 Å². The minimum Gasteiger partial charge on any atom is -0.491 e. The van der Waals surface area contributed by atoms with Gasteiger partial charge in [-0.25, -0.2) is 0 Å². The topological polar surface area (TPSA) is 109 Å². The highest BCUT2D eigenvalue weighted by molar-refractivity contribution is 6.05. The Bertz CT molecular complexity index is 1070. The van der Waals surface area contributed by atoms with Crippen LogP contribution in [0.25, 0.3) is 0 Å². The Morgan fingerprint density at radius 2 is 1.95 bits per heavy atom. The number of amides is 1.